The number of rotatable bonds is 3. The van der Waals surface area contributed by atoms with E-state index in [2.05, 4.69) is 10.3 Å². The molecule has 1 aromatic heterocycles. The molecule has 88 valence electrons. The second-order valence-corrected chi connectivity index (χ2v) is 3.86. The highest BCUT2D eigenvalue weighted by atomic mass is 16.3. The van der Waals surface area contributed by atoms with E-state index in [9.17, 15) is 4.79 Å². The van der Waals surface area contributed by atoms with Crippen LogP contribution in [-0.2, 0) is 0 Å². The lowest BCUT2D eigenvalue weighted by atomic mass is 10.1. The van der Waals surface area contributed by atoms with Crippen LogP contribution in [0.1, 0.15) is 34.9 Å². The molecular formula is C13H14N2O2. The molecule has 17 heavy (non-hydrogen) atoms. The molecule has 2 aromatic rings. The van der Waals surface area contributed by atoms with Gasteiger partial charge in [-0.3, -0.25) is 4.79 Å². The first-order chi connectivity index (χ1) is 8.16. The Labute approximate surface area is 99.7 Å². The molecule has 0 fully saturated rings. The Morgan fingerprint density at radius 3 is 2.65 bits per heavy atom. The lowest BCUT2D eigenvalue weighted by Gasteiger charge is -2.12. The molecule has 0 spiro atoms. The molecule has 1 atom stereocenters. The molecule has 1 unspecified atom stereocenters. The molecule has 0 saturated heterocycles. The van der Waals surface area contributed by atoms with Crippen LogP contribution in [0.15, 0.2) is 41.0 Å². The van der Waals surface area contributed by atoms with Gasteiger partial charge in [0.25, 0.3) is 5.91 Å². The number of benzene rings is 1. The van der Waals surface area contributed by atoms with Gasteiger partial charge in [-0.05, 0) is 12.5 Å². The number of nitrogens with zero attached hydrogens (tertiary/aromatic N) is 1. The van der Waals surface area contributed by atoms with Crippen LogP contribution in [0.2, 0.25) is 0 Å². The van der Waals surface area contributed by atoms with E-state index in [0.29, 0.717) is 11.6 Å². The van der Waals surface area contributed by atoms with Crippen molar-refractivity contribution in [1.29, 1.82) is 0 Å². The van der Waals surface area contributed by atoms with Gasteiger partial charge in [-0.25, -0.2) is 4.98 Å². The van der Waals surface area contributed by atoms with Crippen molar-refractivity contribution >= 4 is 5.91 Å². The van der Waals surface area contributed by atoms with Crippen LogP contribution in [0.25, 0.3) is 0 Å². The lowest BCUT2D eigenvalue weighted by molar-refractivity contribution is 0.0935. The fourth-order valence-electron chi connectivity index (χ4n) is 1.56. The Balaban J connectivity index is 2.04. The minimum atomic E-state index is -0.224. The van der Waals surface area contributed by atoms with Crippen LogP contribution in [-0.4, -0.2) is 10.9 Å². The van der Waals surface area contributed by atoms with E-state index in [0.717, 1.165) is 5.56 Å². The Bertz CT molecular complexity index is 505. The van der Waals surface area contributed by atoms with Crippen molar-refractivity contribution in [3.05, 3.63) is 53.7 Å². The normalized spacial score (nSPS) is 12.1. The highest BCUT2D eigenvalue weighted by Crippen LogP contribution is 2.12. The summed E-state index contributed by atoms with van der Waals surface area (Å²) in [6.45, 7) is 3.64. The minimum absolute atomic E-state index is 0.0549. The van der Waals surface area contributed by atoms with E-state index in [1.165, 1.54) is 6.26 Å². The van der Waals surface area contributed by atoms with E-state index in [1.54, 1.807) is 6.92 Å². The Hall–Kier alpha value is -2.10. The van der Waals surface area contributed by atoms with Crippen molar-refractivity contribution in [3.8, 4) is 0 Å². The fourth-order valence-corrected chi connectivity index (χ4v) is 1.56. The van der Waals surface area contributed by atoms with Gasteiger partial charge in [-0.2, -0.15) is 0 Å². The molecule has 1 aromatic carbocycles. The van der Waals surface area contributed by atoms with Crippen LogP contribution in [0.3, 0.4) is 0 Å². The number of aryl methyl sites for hydroxylation is 1. The molecule has 1 N–H and O–H groups in total. The van der Waals surface area contributed by atoms with Crippen LogP contribution < -0.4 is 5.32 Å². The lowest BCUT2D eigenvalue weighted by Crippen LogP contribution is -2.26. The molecule has 4 nitrogen and oxygen atoms in total. The summed E-state index contributed by atoms with van der Waals surface area (Å²) in [5, 5.41) is 2.86. The molecule has 2 rings (SSSR count). The highest BCUT2D eigenvalue weighted by Gasteiger charge is 2.14. The topological polar surface area (TPSA) is 55.1 Å². The van der Waals surface area contributed by atoms with E-state index in [-0.39, 0.29) is 11.9 Å². The van der Waals surface area contributed by atoms with Crippen LogP contribution >= 0.6 is 0 Å². The predicted octanol–water partition coefficient (Wildman–Crippen LogP) is 2.47. The number of hydrogen-bond donors (Lipinski definition) is 1. The second kappa shape index (κ2) is 4.82. The van der Waals surface area contributed by atoms with Crippen LogP contribution in [0.5, 0.6) is 0 Å². The zero-order valence-corrected chi connectivity index (χ0v) is 9.81. The number of carbonyl (C=O) groups excluding carboxylic acids is 1. The van der Waals surface area contributed by atoms with Gasteiger partial charge >= 0.3 is 0 Å². The summed E-state index contributed by atoms with van der Waals surface area (Å²) in [6.07, 6.45) is 1.36. The van der Waals surface area contributed by atoms with Crippen molar-refractivity contribution in [3.63, 3.8) is 0 Å². The summed E-state index contributed by atoms with van der Waals surface area (Å²) in [6, 6.07) is 9.72. The second-order valence-electron chi connectivity index (χ2n) is 3.86. The smallest absolute Gasteiger partial charge is 0.273 e. The average molecular weight is 230 g/mol. The first-order valence-electron chi connectivity index (χ1n) is 5.45. The highest BCUT2D eigenvalue weighted by molar-refractivity contribution is 5.92. The zero-order chi connectivity index (χ0) is 12.3. The third-order valence-electron chi connectivity index (χ3n) is 2.50. The largest absolute Gasteiger partial charge is 0.448 e. The maximum Gasteiger partial charge on any atom is 0.273 e. The number of hydrogen-bond acceptors (Lipinski definition) is 3. The van der Waals surface area contributed by atoms with E-state index in [1.807, 2.05) is 37.3 Å². The van der Waals surface area contributed by atoms with Gasteiger partial charge in [-0.1, -0.05) is 30.3 Å². The number of aromatic nitrogens is 1. The third-order valence-corrected chi connectivity index (χ3v) is 2.50. The van der Waals surface area contributed by atoms with Gasteiger partial charge in [0.2, 0.25) is 0 Å². The molecule has 0 aliphatic heterocycles. The third kappa shape index (κ3) is 2.72. The molecule has 1 heterocycles. The standard InChI is InChI=1S/C13H14N2O2/c1-9(11-6-4-3-5-7-11)14-13(16)12-8-17-10(2)15-12/h3-9H,1-2H3,(H,14,16). The Kier molecular flexibility index (Phi) is 3.23. The molecule has 0 aliphatic rings. The number of amides is 1. The summed E-state index contributed by atoms with van der Waals surface area (Å²) in [4.78, 5) is 15.8. The van der Waals surface area contributed by atoms with Crippen molar-refractivity contribution in [2.45, 2.75) is 19.9 Å². The minimum Gasteiger partial charge on any atom is -0.448 e. The molecule has 0 saturated carbocycles. The maximum absolute atomic E-state index is 11.8. The summed E-state index contributed by atoms with van der Waals surface area (Å²) < 4.78 is 5.00. The van der Waals surface area contributed by atoms with E-state index < -0.39 is 0 Å². The fraction of sp³-hybridized carbons (Fsp3) is 0.231. The van der Waals surface area contributed by atoms with Gasteiger partial charge in [0, 0.05) is 6.92 Å². The van der Waals surface area contributed by atoms with Crippen molar-refractivity contribution in [1.82, 2.24) is 10.3 Å². The van der Waals surface area contributed by atoms with Crippen molar-refractivity contribution < 1.29 is 9.21 Å². The van der Waals surface area contributed by atoms with Crippen LogP contribution in [0, 0.1) is 6.92 Å². The quantitative estimate of drug-likeness (QED) is 0.881. The van der Waals surface area contributed by atoms with Crippen LogP contribution in [0.4, 0.5) is 0 Å². The maximum atomic E-state index is 11.8. The average Bonchev–Trinajstić information content (AvgIpc) is 2.77. The molecule has 0 bridgehead atoms. The number of oxazole rings is 1. The van der Waals surface area contributed by atoms with Gasteiger partial charge in [0.1, 0.15) is 6.26 Å². The van der Waals surface area contributed by atoms with Gasteiger partial charge in [0.05, 0.1) is 6.04 Å². The number of nitrogens with one attached hydrogen (secondary N) is 1. The summed E-state index contributed by atoms with van der Waals surface area (Å²) in [5.74, 6) is 0.265. The Morgan fingerprint density at radius 2 is 2.06 bits per heavy atom. The molecule has 0 radical (unpaired) electrons. The van der Waals surface area contributed by atoms with E-state index in [4.69, 9.17) is 4.42 Å². The first kappa shape index (κ1) is 11.4. The Morgan fingerprint density at radius 1 is 1.35 bits per heavy atom. The molecule has 1 amide bonds. The molecule has 4 heteroatoms. The number of carbonyl (C=O) groups is 1. The molecular weight excluding hydrogens is 216 g/mol. The summed E-state index contributed by atoms with van der Waals surface area (Å²) >= 11 is 0. The predicted molar refractivity (Wildman–Crippen MR) is 63.6 cm³/mol. The van der Waals surface area contributed by atoms with E-state index >= 15 is 0 Å². The van der Waals surface area contributed by atoms with Crippen molar-refractivity contribution in [2.24, 2.45) is 0 Å². The van der Waals surface area contributed by atoms with Crippen molar-refractivity contribution in [2.75, 3.05) is 0 Å². The first-order valence-corrected chi connectivity index (χ1v) is 5.45. The van der Waals surface area contributed by atoms with Gasteiger partial charge in [0.15, 0.2) is 11.6 Å². The summed E-state index contributed by atoms with van der Waals surface area (Å²) in [5.41, 5.74) is 1.37. The van der Waals surface area contributed by atoms with Gasteiger partial charge in [-0.15, -0.1) is 0 Å². The monoisotopic (exact) mass is 230 g/mol. The summed E-state index contributed by atoms with van der Waals surface area (Å²) in [7, 11) is 0. The SMILES string of the molecule is Cc1nc(C(=O)NC(C)c2ccccc2)co1. The van der Waals surface area contributed by atoms with Gasteiger partial charge < -0.3 is 9.73 Å². The zero-order valence-electron chi connectivity index (χ0n) is 9.81. The molecule has 0 aliphatic carbocycles.